The number of carbonyl (C=O) groups is 2. The summed E-state index contributed by atoms with van der Waals surface area (Å²) in [6.45, 7) is 0.756. The van der Waals surface area contributed by atoms with E-state index in [-0.39, 0.29) is 11.9 Å². The Morgan fingerprint density at radius 1 is 1.14 bits per heavy atom. The first-order valence-electron chi connectivity index (χ1n) is 7.03. The van der Waals surface area contributed by atoms with Crippen LogP contribution in [0.1, 0.15) is 12.0 Å². The summed E-state index contributed by atoms with van der Waals surface area (Å²) in [5, 5.41) is 5.38. The molecule has 0 radical (unpaired) electrons. The Morgan fingerprint density at radius 3 is 2.38 bits per heavy atom. The van der Waals surface area contributed by atoms with E-state index in [9.17, 15) is 9.59 Å². The number of hydrogen-bond acceptors (Lipinski definition) is 3. The average Bonchev–Trinajstić information content (AvgIpc) is 2.49. The van der Waals surface area contributed by atoms with Crippen LogP contribution in [0, 0.1) is 0 Å². The quantitative estimate of drug-likeness (QED) is 0.633. The maximum absolute atomic E-state index is 11.8. The zero-order valence-electron chi connectivity index (χ0n) is 12.6. The van der Waals surface area contributed by atoms with Gasteiger partial charge in [-0.25, -0.2) is 4.79 Å². The molecule has 4 N–H and O–H groups in total. The Labute approximate surface area is 125 Å². The number of hydrogen-bond donors (Lipinski definition) is 3. The van der Waals surface area contributed by atoms with Gasteiger partial charge in [0.2, 0.25) is 5.91 Å². The number of aryl methyl sites for hydroxylation is 1. The van der Waals surface area contributed by atoms with Gasteiger partial charge in [0, 0.05) is 27.2 Å². The van der Waals surface area contributed by atoms with Crippen LogP contribution in [0.3, 0.4) is 0 Å². The highest BCUT2D eigenvalue weighted by atomic mass is 16.2. The van der Waals surface area contributed by atoms with Crippen molar-refractivity contribution in [2.75, 3.05) is 27.2 Å². The van der Waals surface area contributed by atoms with Crippen molar-refractivity contribution in [1.82, 2.24) is 15.5 Å². The van der Waals surface area contributed by atoms with Crippen LogP contribution < -0.4 is 16.4 Å². The highest BCUT2D eigenvalue weighted by molar-refractivity contribution is 5.81. The van der Waals surface area contributed by atoms with E-state index in [4.69, 9.17) is 5.73 Å². The maximum atomic E-state index is 11.8. The van der Waals surface area contributed by atoms with Gasteiger partial charge in [0.1, 0.15) is 0 Å². The minimum Gasteiger partial charge on any atom is -0.353 e. The van der Waals surface area contributed by atoms with Crippen LogP contribution in [0.5, 0.6) is 0 Å². The van der Waals surface area contributed by atoms with Crippen LogP contribution in [-0.2, 0) is 11.2 Å². The van der Waals surface area contributed by atoms with Crippen LogP contribution in [-0.4, -0.2) is 50.1 Å². The minimum atomic E-state index is -0.533. The number of carbonyl (C=O) groups excluding carboxylic acids is 2. The normalized spacial score (nSPS) is 11.6. The predicted molar refractivity (Wildman–Crippen MR) is 82.8 cm³/mol. The number of benzene rings is 1. The molecule has 116 valence electrons. The van der Waals surface area contributed by atoms with Gasteiger partial charge in [-0.15, -0.1) is 0 Å². The van der Waals surface area contributed by atoms with Crippen molar-refractivity contribution in [2.24, 2.45) is 5.73 Å². The van der Waals surface area contributed by atoms with Gasteiger partial charge < -0.3 is 21.3 Å². The van der Waals surface area contributed by atoms with Gasteiger partial charge in [-0.2, -0.15) is 0 Å². The monoisotopic (exact) mass is 292 g/mol. The Kier molecular flexibility index (Phi) is 7.25. The molecule has 0 aliphatic carbocycles. The number of nitrogens with two attached hydrogens (primary N) is 1. The Hall–Kier alpha value is -2.08. The minimum absolute atomic E-state index is 0.183. The first-order valence-corrected chi connectivity index (χ1v) is 7.03. The van der Waals surface area contributed by atoms with Crippen molar-refractivity contribution >= 4 is 11.9 Å². The van der Waals surface area contributed by atoms with Crippen molar-refractivity contribution in [1.29, 1.82) is 0 Å². The molecule has 21 heavy (non-hydrogen) atoms. The van der Waals surface area contributed by atoms with Crippen molar-refractivity contribution < 1.29 is 9.59 Å². The molecule has 6 heteroatoms. The predicted octanol–water partition coefficient (Wildman–Crippen LogP) is 0.334. The van der Waals surface area contributed by atoms with E-state index in [1.165, 1.54) is 10.5 Å². The third-order valence-corrected chi connectivity index (χ3v) is 3.03. The van der Waals surface area contributed by atoms with E-state index in [0.717, 1.165) is 6.42 Å². The zero-order chi connectivity index (χ0) is 15.7. The summed E-state index contributed by atoms with van der Waals surface area (Å²) in [5.41, 5.74) is 7.01. The standard InChI is InChI=1S/C15H24N4O2/c1-19(2)15(21)18-11-10-17-14(20)13(16)9-8-12-6-4-3-5-7-12/h3-7,13H,8-11,16H2,1-2H3,(H,17,20)(H,18,21). The first kappa shape index (κ1) is 17.0. The summed E-state index contributed by atoms with van der Waals surface area (Å²) >= 11 is 0. The Bertz CT molecular complexity index is 448. The molecule has 1 aromatic rings. The molecule has 0 spiro atoms. The van der Waals surface area contributed by atoms with Crippen molar-refractivity contribution in [3.8, 4) is 0 Å². The first-order chi connectivity index (χ1) is 10.0. The van der Waals surface area contributed by atoms with Crippen LogP contribution in [0.25, 0.3) is 0 Å². The second-order valence-electron chi connectivity index (χ2n) is 5.05. The van der Waals surface area contributed by atoms with Crippen LogP contribution in [0.15, 0.2) is 30.3 Å². The van der Waals surface area contributed by atoms with Gasteiger partial charge >= 0.3 is 6.03 Å². The van der Waals surface area contributed by atoms with Gasteiger partial charge in [-0.05, 0) is 18.4 Å². The summed E-state index contributed by atoms with van der Waals surface area (Å²) < 4.78 is 0. The molecule has 1 rings (SSSR count). The SMILES string of the molecule is CN(C)C(=O)NCCNC(=O)C(N)CCc1ccccc1. The summed E-state index contributed by atoms with van der Waals surface area (Å²) in [6.07, 6.45) is 1.37. The molecule has 1 aromatic carbocycles. The molecule has 0 heterocycles. The number of amides is 3. The average molecular weight is 292 g/mol. The summed E-state index contributed by atoms with van der Waals surface area (Å²) in [7, 11) is 3.32. The Balaban J connectivity index is 2.18. The summed E-state index contributed by atoms with van der Waals surface area (Å²) in [4.78, 5) is 24.5. The van der Waals surface area contributed by atoms with E-state index in [1.54, 1.807) is 14.1 Å². The fraction of sp³-hybridized carbons (Fsp3) is 0.467. The van der Waals surface area contributed by atoms with Crippen LogP contribution in [0.2, 0.25) is 0 Å². The lowest BCUT2D eigenvalue weighted by atomic mass is 10.1. The van der Waals surface area contributed by atoms with Gasteiger partial charge in [-0.3, -0.25) is 4.79 Å². The van der Waals surface area contributed by atoms with E-state index in [1.807, 2.05) is 30.3 Å². The van der Waals surface area contributed by atoms with Gasteiger partial charge in [0.15, 0.2) is 0 Å². The lowest BCUT2D eigenvalue weighted by Gasteiger charge is -2.14. The lowest BCUT2D eigenvalue weighted by molar-refractivity contribution is -0.122. The molecular weight excluding hydrogens is 268 g/mol. The van der Waals surface area contributed by atoms with Gasteiger partial charge in [0.05, 0.1) is 6.04 Å². The van der Waals surface area contributed by atoms with E-state index >= 15 is 0 Å². The molecule has 0 bridgehead atoms. The molecular formula is C15H24N4O2. The smallest absolute Gasteiger partial charge is 0.316 e. The molecule has 1 atom stereocenters. The van der Waals surface area contributed by atoms with E-state index < -0.39 is 6.04 Å². The van der Waals surface area contributed by atoms with Crippen LogP contribution in [0.4, 0.5) is 4.79 Å². The highest BCUT2D eigenvalue weighted by Gasteiger charge is 2.12. The molecule has 0 saturated carbocycles. The van der Waals surface area contributed by atoms with E-state index in [2.05, 4.69) is 10.6 Å². The molecule has 6 nitrogen and oxygen atoms in total. The van der Waals surface area contributed by atoms with Crippen molar-refractivity contribution in [3.63, 3.8) is 0 Å². The second kappa shape index (κ2) is 8.97. The number of rotatable bonds is 7. The molecule has 1 unspecified atom stereocenters. The molecule has 0 saturated heterocycles. The van der Waals surface area contributed by atoms with Crippen LogP contribution >= 0.6 is 0 Å². The molecule has 0 fully saturated rings. The Morgan fingerprint density at radius 2 is 1.76 bits per heavy atom. The number of nitrogens with zero attached hydrogens (tertiary/aromatic N) is 1. The summed E-state index contributed by atoms with van der Waals surface area (Å²) in [6, 6.07) is 9.20. The molecule has 0 aromatic heterocycles. The second-order valence-corrected chi connectivity index (χ2v) is 5.05. The number of nitrogens with one attached hydrogen (secondary N) is 2. The van der Waals surface area contributed by atoms with Crippen molar-refractivity contribution in [2.45, 2.75) is 18.9 Å². The third-order valence-electron chi connectivity index (χ3n) is 3.03. The topological polar surface area (TPSA) is 87.5 Å². The number of urea groups is 1. The fourth-order valence-corrected chi connectivity index (χ4v) is 1.74. The highest BCUT2D eigenvalue weighted by Crippen LogP contribution is 2.03. The lowest BCUT2D eigenvalue weighted by Crippen LogP contribution is -2.45. The maximum Gasteiger partial charge on any atom is 0.316 e. The van der Waals surface area contributed by atoms with Gasteiger partial charge in [-0.1, -0.05) is 30.3 Å². The van der Waals surface area contributed by atoms with E-state index in [0.29, 0.717) is 19.5 Å². The fourth-order valence-electron chi connectivity index (χ4n) is 1.74. The summed E-state index contributed by atoms with van der Waals surface area (Å²) in [5.74, 6) is -0.190. The van der Waals surface area contributed by atoms with Gasteiger partial charge in [0.25, 0.3) is 0 Å². The largest absolute Gasteiger partial charge is 0.353 e. The van der Waals surface area contributed by atoms with Crippen molar-refractivity contribution in [3.05, 3.63) is 35.9 Å². The molecule has 0 aliphatic rings. The molecule has 0 aliphatic heterocycles. The third kappa shape index (κ3) is 6.76. The zero-order valence-corrected chi connectivity index (χ0v) is 12.6. The molecule has 3 amide bonds.